The summed E-state index contributed by atoms with van der Waals surface area (Å²) in [6.45, 7) is 4.54. The molecule has 1 amide bonds. The first-order valence-electron chi connectivity index (χ1n) is 10.8. The van der Waals surface area contributed by atoms with Crippen molar-refractivity contribution < 1.29 is 14.3 Å². The number of nitrogens with one attached hydrogen (secondary N) is 1. The second kappa shape index (κ2) is 9.60. The number of nitrogens with zero attached hydrogens (tertiary/aromatic N) is 1. The van der Waals surface area contributed by atoms with Gasteiger partial charge < -0.3 is 19.4 Å². The van der Waals surface area contributed by atoms with Gasteiger partial charge in [-0.3, -0.25) is 4.79 Å². The third kappa shape index (κ3) is 4.33. The van der Waals surface area contributed by atoms with E-state index in [1.165, 1.54) is 5.56 Å². The second-order valence-electron chi connectivity index (χ2n) is 7.72. The smallest absolute Gasteiger partial charge is 0.261 e. The van der Waals surface area contributed by atoms with Crippen LogP contribution in [0.4, 0.5) is 0 Å². The molecule has 0 aliphatic carbocycles. The lowest BCUT2D eigenvalue weighted by Crippen LogP contribution is -2.38. The van der Waals surface area contributed by atoms with Gasteiger partial charge in [0.15, 0.2) is 18.1 Å². The molecule has 4 rings (SSSR count). The summed E-state index contributed by atoms with van der Waals surface area (Å²) in [6, 6.07) is 23.7. The summed E-state index contributed by atoms with van der Waals surface area (Å²) in [6.07, 6.45) is 2.01. The normalized spacial score (nSPS) is 11.8. The molecular formula is C27H28N2O3. The molecule has 4 aromatic rings. The van der Waals surface area contributed by atoms with E-state index >= 15 is 0 Å². The number of amides is 1. The minimum atomic E-state index is -0.231. The van der Waals surface area contributed by atoms with Crippen LogP contribution in [-0.4, -0.2) is 36.1 Å². The van der Waals surface area contributed by atoms with Crippen LogP contribution in [0.2, 0.25) is 0 Å². The number of aromatic nitrogens is 1. The van der Waals surface area contributed by atoms with Crippen LogP contribution in [0.25, 0.3) is 10.9 Å². The Morgan fingerprint density at radius 2 is 1.66 bits per heavy atom. The Balaban J connectivity index is 1.68. The minimum absolute atomic E-state index is 0.0705. The molecule has 5 nitrogen and oxygen atoms in total. The lowest BCUT2D eigenvalue weighted by Gasteiger charge is -2.31. The molecule has 0 bridgehead atoms. The maximum Gasteiger partial charge on any atom is 0.261 e. The number of aromatic amines is 1. The number of likely N-dealkylation sites (N-methyl/N-ethyl adjacent to an activating group) is 1. The third-order valence-corrected chi connectivity index (χ3v) is 5.70. The number of ether oxygens (including phenoxy) is 2. The Labute approximate surface area is 188 Å². The number of para-hydroxylation sites is 3. The van der Waals surface area contributed by atoms with Crippen LogP contribution < -0.4 is 9.47 Å². The topological polar surface area (TPSA) is 54.6 Å². The van der Waals surface area contributed by atoms with Gasteiger partial charge in [0.05, 0.1) is 13.2 Å². The van der Waals surface area contributed by atoms with Crippen LogP contribution in [0.1, 0.15) is 29.7 Å². The summed E-state index contributed by atoms with van der Waals surface area (Å²) in [4.78, 5) is 18.6. The molecule has 0 saturated carbocycles. The van der Waals surface area contributed by atoms with Crippen molar-refractivity contribution in [3.05, 3.63) is 95.7 Å². The van der Waals surface area contributed by atoms with Gasteiger partial charge in [0, 0.05) is 29.2 Å². The summed E-state index contributed by atoms with van der Waals surface area (Å²) in [5.41, 5.74) is 4.36. The van der Waals surface area contributed by atoms with E-state index in [0.717, 1.165) is 22.0 Å². The molecule has 0 aliphatic rings. The van der Waals surface area contributed by atoms with Gasteiger partial charge in [0.25, 0.3) is 5.91 Å². The van der Waals surface area contributed by atoms with Crippen LogP contribution in [0.5, 0.6) is 11.5 Å². The fourth-order valence-electron chi connectivity index (χ4n) is 4.06. The van der Waals surface area contributed by atoms with Crippen LogP contribution in [0, 0.1) is 6.92 Å². The number of rotatable bonds is 8. The molecule has 164 valence electrons. The Hall–Kier alpha value is -3.73. The molecule has 32 heavy (non-hydrogen) atoms. The molecule has 0 spiro atoms. The molecule has 0 saturated heterocycles. The fourth-order valence-corrected chi connectivity index (χ4v) is 4.06. The average molecular weight is 429 g/mol. The molecule has 0 radical (unpaired) electrons. The SMILES string of the molecule is CCN(C(=O)COc1ccccc1OC)[C@H](c1ccc(C)cc1)c1c[nH]c2ccccc12. The first-order chi connectivity index (χ1) is 15.6. The summed E-state index contributed by atoms with van der Waals surface area (Å²) in [7, 11) is 1.59. The van der Waals surface area contributed by atoms with Gasteiger partial charge in [-0.25, -0.2) is 0 Å². The van der Waals surface area contributed by atoms with E-state index in [4.69, 9.17) is 9.47 Å². The highest BCUT2D eigenvalue weighted by atomic mass is 16.5. The zero-order valence-electron chi connectivity index (χ0n) is 18.7. The minimum Gasteiger partial charge on any atom is -0.493 e. The molecule has 0 unspecified atom stereocenters. The van der Waals surface area contributed by atoms with Crippen molar-refractivity contribution in [1.29, 1.82) is 0 Å². The highest BCUT2D eigenvalue weighted by Gasteiger charge is 2.28. The Morgan fingerprint density at radius 3 is 2.38 bits per heavy atom. The van der Waals surface area contributed by atoms with Crippen LogP contribution in [0.3, 0.4) is 0 Å². The van der Waals surface area contributed by atoms with E-state index in [-0.39, 0.29) is 18.6 Å². The molecular weight excluding hydrogens is 400 g/mol. The van der Waals surface area contributed by atoms with Crippen molar-refractivity contribution in [3.8, 4) is 11.5 Å². The van der Waals surface area contributed by atoms with Gasteiger partial charge in [0.2, 0.25) is 0 Å². The van der Waals surface area contributed by atoms with Crippen molar-refractivity contribution in [1.82, 2.24) is 9.88 Å². The molecule has 5 heteroatoms. The van der Waals surface area contributed by atoms with Crippen LogP contribution in [-0.2, 0) is 4.79 Å². The molecule has 1 aromatic heterocycles. The number of aryl methyl sites for hydroxylation is 1. The van der Waals surface area contributed by atoms with Gasteiger partial charge in [-0.15, -0.1) is 0 Å². The molecule has 1 atom stereocenters. The Bertz CT molecular complexity index is 1200. The molecule has 1 heterocycles. The van der Waals surface area contributed by atoms with Crippen molar-refractivity contribution in [2.45, 2.75) is 19.9 Å². The number of hydrogen-bond donors (Lipinski definition) is 1. The predicted octanol–water partition coefficient (Wildman–Crippen LogP) is 5.50. The van der Waals surface area contributed by atoms with E-state index in [1.54, 1.807) is 13.2 Å². The largest absolute Gasteiger partial charge is 0.493 e. The number of methoxy groups -OCH3 is 1. The highest BCUT2D eigenvalue weighted by Crippen LogP contribution is 2.34. The number of benzene rings is 3. The average Bonchev–Trinajstić information content (AvgIpc) is 3.25. The van der Waals surface area contributed by atoms with Crippen LogP contribution >= 0.6 is 0 Å². The number of fused-ring (bicyclic) bond motifs is 1. The first-order valence-corrected chi connectivity index (χ1v) is 10.8. The van der Waals surface area contributed by atoms with Crippen LogP contribution in [0.15, 0.2) is 79.0 Å². The Kier molecular flexibility index (Phi) is 6.45. The van der Waals surface area contributed by atoms with E-state index in [0.29, 0.717) is 18.0 Å². The van der Waals surface area contributed by atoms with Gasteiger partial charge in [0.1, 0.15) is 0 Å². The monoisotopic (exact) mass is 428 g/mol. The fraction of sp³-hybridized carbons (Fsp3) is 0.222. The van der Waals surface area contributed by atoms with E-state index in [1.807, 2.05) is 54.4 Å². The zero-order valence-corrected chi connectivity index (χ0v) is 18.7. The quantitative estimate of drug-likeness (QED) is 0.403. The number of carbonyl (C=O) groups excluding carboxylic acids is 1. The van der Waals surface area contributed by atoms with E-state index in [9.17, 15) is 4.79 Å². The van der Waals surface area contributed by atoms with Crippen molar-refractivity contribution in [2.24, 2.45) is 0 Å². The zero-order chi connectivity index (χ0) is 22.5. The van der Waals surface area contributed by atoms with Gasteiger partial charge in [-0.2, -0.15) is 0 Å². The molecule has 3 aromatic carbocycles. The second-order valence-corrected chi connectivity index (χ2v) is 7.72. The maximum absolute atomic E-state index is 13.4. The highest BCUT2D eigenvalue weighted by molar-refractivity contribution is 5.86. The van der Waals surface area contributed by atoms with Crippen molar-refractivity contribution in [2.75, 3.05) is 20.3 Å². The van der Waals surface area contributed by atoms with Gasteiger partial charge in [-0.1, -0.05) is 60.2 Å². The predicted molar refractivity (Wildman–Crippen MR) is 127 cm³/mol. The summed E-state index contributed by atoms with van der Waals surface area (Å²) >= 11 is 0. The van der Waals surface area contributed by atoms with E-state index in [2.05, 4.69) is 42.2 Å². The van der Waals surface area contributed by atoms with Gasteiger partial charge >= 0.3 is 0 Å². The number of carbonyl (C=O) groups is 1. The molecule has 0 aliphatic heterocycles. The maximum atomic E-state index is 13.4. The van der Waals surface area contributed by atoms with E-state index < -0.39 is 0 Å². The standard InChI is InChI=1S/C27H28N2O3/c1-4-29(26(30)18-32-25-12-8-7-11-24(25)31-3)27(20-15-13-19(2)14-16-20)22-17-28-23-10-6-5-9-21(22)23/h5-17,27-28H,4,18H2,1-3H3/t27-/m1/s1. The Morgan fingerprint density at radius 1 is 0.969 bits per heavy atom. The summed E-state index contributed by atoms with van der Waals surface area (Å²) in [5.74, 6) is 1.07. The lowest BCUT2D eigenvalue weighted by atomic mass is 9.95. The lowest BCUT2D eigenvalue weighted by molar-refractivity contribution is -0.134. The van der Waals surface area contributed by atoms with Crippen molar-refractivity contribution in [3.63, 3.8) is 0 Å². The number of H-pyrrole nitrogens is 1. The molecule has 0 fully saturated rings. The van der Waals surface area contributed by atoms with Gasteiger partial charge in [-0.05, 0) is 37.6 Å². The third-order valence-electron chi connectivity index (χ3n) is 5.70. The molecule has 1 N–H and O–H groups in total. The number of hydrogen-bond acceptors (Lipinski definition) is 3. The summed E-state index contributed by atoms with van der Waals surface area (Å²) < 4.78 is 11.2. The van der Waals surface area contributed by atoms with Crippen molar-refractivity contribution >= 4 is 16.8 Å². The first kappa shape index (κ1) is 21.5. The summed E-state index contributed by atoms with van der Waals surface area (Å²) in [5, 5.41) is 1.11.